The molecule has 1 heterocycles. The number of hydrogen-bond acceptors (Lipinski definition) is 3. The van der Waals surface area contributed by atoms with E-state index in [1.807, 2.05) is 11.8 Å². The Kier molecular flexibility index (Phi) is 7.56. The van der Waals surface area contributed by atoms with Crippen LogP contribution in [0.2, 0.25) is 0 Å². The van der Waals surface area contributed by atoms with Crippen LogP contribution in [-0.2, 0) is 0 Å². The van der Waals surface area contributed by atoms with E-state index in [4.69, 9.17) is 0 Å². The summed E-state index contributed by atoms with van der Waals surface area (Å²) in [6, 6.07) is 0.671. The normalized spacial score (nSPS) is 25.8. The van der Waals surface area contributed by atoms with Gasteiger partial charge in [0.15, 0.2) is 0 Å². The molecule has 102 valence electrons. The minimum Gasteiger partial charge on any atom is -0.313 e. The van der Waals surface area contributed by atoms with E-state index in [9.17, 15) is 0 Å². The Morgan fingerprint density at radius 3 is 2.82 bits per heavy atom. The predicted molar refractivity (Wildman–Crippen MR) is 79.9 cm³/mol. The molecule has 3 atom stereocenters. The molecule has 1 aliphatic heterocycles. The zero-order valence-electron chi connectivity index (χ0n) is 12.0. The first-order valence-corrected chi connectivity index (χ1v) is 8.44. The highest BCUT2D eigenvalue weighted by Crippen LogP contribution is 2.20. The summed E-state index contributed by atoms with van der Waals surface area (Å²) < 4.78 is 0. The summed E-state index contributed by atoms with van der Waals surface area (Å²) in [7, 11) is 0. The third-order valence-electron chi connectivity index (χ3n) is 3.92. The first kappa shape index (κ1) is 15.3. The van der Waals surface area contributed by atoms with Crippen molar-refractivity contribution in [3.05, 3.63) is 0 Å². The number of rotatable bonds is 7. The van der Waals surface area contributed by atoms with Gasteiger partial charge in [-0.2, -0.15) is 11.8 Å². The van der Waals surface area contributed by atoms with Gasteiger partial charge in [0.1, 0.15) is 0 Å². The van der Waals surface area contributed by atoms with Crippen LogP contribution < -0.4 is 5.32 Å². The standard InChI is InChI=1S/C14H30N2S/c1-5-8-16-9-6-7-14(11-16)13(3)15-10-12(2)17-4/h12-15H,5-11H2,1-4H3. The van der Waals surface area contributed by atoms with Crippen molar-refractivity contribution in [2.24, 2.45) is 5.92 Å². The molecule has 1 saturated heterocycles. The van der Waals surface area contributed by atoms with Crippen LogP contribution in [0.25, 0.3) is 0 Å². The van der Waals surface area contributed by atoms with Gasteiger partial charge in [0.2, 0.25) is 0 Å². The molecule has 0 aromatic carbocycles. The fraction of sp³-hybridized carbons (Fsp3) is 1.00. The van der Waals surface area contributed by atoms with Crippen molar-refractivity contribution in [1.29, 1.82) is 0 Å². The zero-order chi connectivity index (χ0) is 12.7. The third kappa shape index (κ3) is 5.62. The molecule has 0 aliphatic carbocycles. The Morgan fingerprint density at radius 1 is 1.41 bits per heavy atom. The van der Waals surface area contributed by atoms with E-state index in [2.05, 4.69) is 37.2 Å². The molecule has 1 fully saturated rings. The van der Waals surface area contributed by atoms with Crippen molar-refractivity contribution in [3.63, 3.8) is 0 Å². The Bertz CT molecular complexity index is 197. The van der Waals surface area contributed by atoms with Gasteiger partial charge in [-0.25, -0.2) is 0 Å². The molecule has 2 nitrogen and oxygen atoms in total. The number of nitrogens with zero attached hydrogens (tertiary/aromatic N) is 1. The van der Waals surface area contributed by atoms with Crippen molar-refractivity contribution in [2.45, 2.75) is 51.3 Å². The van der Waals surface area contributed by atoms with Gasteiger partial charge in [-0.3, -0.25) is 0 Å². The smallest absolute Gasteiger partial charge is 0.0141 e. The van der Waals surface area contributed by atoms with Crippen LogP contribution in [0.3, 0.4) is 0 Å². The number of piperidine rings is 1. The Hall–Kier alpha value is 0.270. The molecule has 0 aromatic rings. The fourth-order valence-corrected chi connectivity index (χ4v) is 2.88. The van der Waals surface area contributed by atoms with Crippen LogP contribution in [0.4, 0.5) is 0 Å². The number of nitrogens with one attached hydrogen (secondary N) is 1. The topological polar surface area (TPSA) is 15.3 Å². The molecule has 0 saturated carbocycles. The lowest BCUT2D eigenvalue weighted by Gasteiger charge is -2.36. The maximum absolute atomic E-state index is 3.72. The molecular weight excluding hydrogens is 228 g/mol. The monoisotopic (exact) mass is 258 g/mol. The summed E-state index contributed by atoms with van der Waals surface area (Å²) in [5, 5.41) is 4.45. The SMILES string of the molecule is CCCN1CCCC(C(C)NCC(C)SC)C1. The van der Waals surface area contributed by atoms with Crippen molar-refractivity contribution < 1.29 is 0 Å². The van der Waals surface area contributed by atoms with E-state index in [1.165, 1.54) is 38.9 Å². The van der Waals surface area contributed by atoms with Gasteiger partial charge in [-0.15, -0.1) is 0 Å². The fourth-order valence-electron chi connectivity index (χ4n) is 2.62. The summed E-state index contributed by atoms with van der Waals surface area (Å²) in [6.45, 7) is 12.0. The van der Waals surface area contributed by atoms with Gasteiger partial charge in [0.05, 0.1) is 0 Å². The molecular formula is C14H30N2S. The molecule has 1 rings (SSSR count). The maximum Gasteiger partial charge on any atom is 0.0141 e. The minimum absolute atomic E-state index is 0.671. The van der Waals surface area contributed by atoms with Gasteiger partial charge in [-0.05, 0) is 51.4 Å². The van der Waals surface area contributed by atoms with Gasteiger partial charge in [0, 0.05) is 24.4 Å². The molecule has 1 N–H and O–H groups in total. The first-order valence-electron chi connectivity index (χ1n) is 7.15. The summed E-state index contributed by atoms with van der Waals surface area (Å²) in [4.78, 5) is 2.64. The second-order valence-electron chi connectivity index (χ2n) is 5.45. The van der Waals surface area contributed by atoms with E-state index in [0.29, 0.717) is 6.04 Å². The van der Waals surface area contributed by atoms with Crippen LogP contribution in [0, 0.1) is 5.92 Å². The predicted octanol–water partition coefficient (Wildman–Crippen LogP) is 2.84. The van der Waals surface area contributed by atoms with Gasteiger partial charge < -0.3 is 10.2 Å². The highest BCUT2D eigenvalue weighted by molar-refractivity contribution is 7.99. The molecule has 3 heteroatoms. The minimum atomic E-state index is 0.671. The Labute approximate surface area is 112 Å². The van der Waals surface area contributed by atoms with Crippen molar-refractivity contribution in [1.82, 2.24) is 10.2 Å². The van der Waals surface area contributed by atoms with Crippen LogP contribution in [0.15, 0.2) is 0 Å². The summed E-state index contributed by atoms with van der Waals surface area (Å²) >= 11 is 1.95. The van der Waals surface area contributed by atoms with Crippen LogP contribution in [-0.4, -0.2) is 48.6 Å². The lowest BCUT2D eigenvalue weighted by Crippen LogP contribution is -2.45. The maximum atomic E-state index is 3.72. The van der Waals surface area contributed by atoms with Crippen molar-refractivity contribution in [2.75, 3.05) is 32.4 Å². The molecule has 3 unspecified atom stereocenters. The van der Waals surface area contributed by atoms with Gasteiger partial charge >= 0.3 is 0 Å². The Balaban J connectivity index is 2.27. The second-order valence-corrected chi connectivity index (χ2v) is 6.72. The Morgan fingerprint density at radius 2 is 2.18 bits per heavy atom. The lowest BCUT2D eigenvalue weighted by molar-refractivity contribution is 0.151. The number of hydrogen-bond donors (Lipinski definition) is 1. The van der Waals surface area contributed by atoms with Crippen LogP contribution in [0.1, 0.15) is 40.0 Å². The average Bonchev–Trinajstić information content (AvgIpc) is 2.36. The third-order valence-corrected chi connectivity index (χ3v) is 4.89. The van der Waals surface area contributed by atoms with Crippen LogP contribution in [0.5, 0.6) is 0 Å². The molecule has 0 spiro atoms. The average molecular weight is 258 g/mol. The van der Waals surface area contributed by atoms with E-state index in [0.717, 1.165) is 17.7 Å². The highest BCUT2D eigenvalue weighted by atomic mass is 32.2. The van der Waals surface area contributed by atoms with E-state index >= 15 is 0 Å². The van der Waals surface area contributed by atoms with Crippen LogP contribution >= 0.6 is 11.8 Å². The largest absolute Gasteiger partial charge is 0.313 e. The summed E-state index contributed by atoms with van der Waals surface area (Å²) in [5.74, 6) is 0.851. The number of thioether (sulfide) groups is 1. The quantitative estimate of drug-likeness (QED) is 0.756. The van der Waals surface area contributed by atoms with Crippen molar-refractivity contribution >= 4 is 11.8 Å². The molecule has 0 amide bonds. The molecule has 0 bridgehead atoms. The van der Waals surface area contributed by atoms with E-state index < -0.39 is 0 Å². The number of likely N-dealkylation sites (tertiary alicyclic amines) is 1. The van der Waals surface area contributed by atoms with E-state index in [-0.39, 0.29) is 0 Å². The van der Waals surface area contributed by atoms with Gasteiger partial charge in [-0.1, -0.05) is 13.8 Å². The van der Waals surface area contributed by atoms with Gasteiger partial charge in [0.25, 0.3) is 0 Å². The molecule has 1 aliphatic rings. The summed E-state index contributed by atoms with van der Waals surface area (Å²) in [5.41, 5.74) is 0. The van der Waals surface area contributed by atoms with Crippen molar-refractivity contribution in [3.8, 4) is 0 Å². The molecule has 0 aromatic heterocycles. The first-order chi connectivity index (χ1) is 8.17. The molecule has 0 radical (unpaired) electrons. The zero-order valence-corrected chi connectivity index (χ0v) is 12.9. The second kappa shape index (κ2) is 8.39. The molecule has 17 heavy (non-hydrogen) atoms. The lowest BCUT2D eigenvalue weighted by atomic mass is 9.91. The highest BCUT2D eigenvalue weighted by Gasteiger charge is 2.23. The van der Waals surface area contributed by atoms with E-state index in [1.54, 1.807) is 0 Å². The summed E-state index contributed by atoms with van der Waals surface area (Å²) in [6.07, 6.45) is 6.27.